The minimum absolute atomic E-state index is 0.245. The Bertz CT molecular complexity index is 5440. The lowest BCUT2D eigenvalue weighted by Gasteiger charge is -2.40. The average molecular weight is 1450 g/mol. The molecule has 0 amide bonds. The van der Waals surface area contributed by atoms with Crippen LogP contribution in [0.1, 0.15) is 268 Å². The van der Waals surface area contributed by atoms with Crippen LogP contribution in [0, 0.1) is 0 Å². The van der Waals surface area contributed by atoms with Gasteiger partial charge in [-0.2, -0.15) is 0 Å². The summed E-state index contributed by atoms with van der Waals surface area (Å²) in [6, 6.07) is 89.4. The molecule has 16 aromatic carbocycles. The fourth-order valence-corrected chi connectivity index (χ4v) is 23.4. The zero-order chi connectivity index (χ0) is 75.0. The maximum atomic E-state index is 2.87. The van der Waals surface area contributed by atoms with Crippen molar-refractivity contribution in [2.45, 2.75) is 250 Å². The highest BCUT2D eigenvalue weighted by Gasteiger charge is 2.58. The van der Waals surface area contributed by atoms with Crippen molar-refractivity contribution in [3.63, 3.8) is 0 Å². The van der Waals surface area contributed by atoms with Gasteiger partial charge in [0.15, 0.2) is 0 Å². The first-order valence-corrected chi connectivity index (χ1v) is 44.5. The summed E-state index contributed by atoms with van der Waals surface area (Å²) in [6.07, 6.45) is 36.8. The molecule has 558 valence electrons. The van der Waals surface area contributed by atoms with Gasteiger partial charge in [-0.05, 0) is 254 Å². The molecule has 3 aliphatic carbocycles. The molecule has 0 saturated heterocycles. The second-order valence-electron chi connectivity index (χ2n) is 35.0. The molecule has 3 aliphatic rings. The third-order valence-corrected chi connectivity index (χ3v) is 28.6. The summed E-state index contributed by atoms with van der Waals surface area (Å²) in [4.78, 5) is 0. The molecule has 0 spiro atoms. The molecule has 0 N–H and O–H groups in total. The predicted octanol–water partition coefficient (Wildman–Crippen LogP) is 34.0. The maximum Gasteiger partial charge on any atom is 0.0221 e. The minimum Gasteiger partial charge on any atom is -0.0654 e. The number of rotatable bonds is 33. The molecule has 19 rings (SSSR count). The van der Waals surface area contributed by atoms with Crippen molar-refractivity contribution in [2.24, 2.45) is 0 Å². The normalized spacial score (nSPS) is 14.4. The Morgan fingerprint density at radius 1 is 0.189 bits per heavy atom. The van der Waals surface area contributed by atoms with E-state index in [1.807, 2.05) is 0 Å². The van der Waals surface area contributed by atoms with Crippen LogP contribution in [0.5, 0.6) is 0 Å². The molecule has 0 radical (unpaired) electrons. The van der Waals surface area contributed by atoms with E-state index in [2.05, 4.69) is 260 Å². The van der Waals surface area contributed by atoms with Gasteiger partial charge < -0.3 is 0 Å². The summed E-state index contributed by atoms with van der Waals surface area (Å²) in [7, 11) is 0. The molecule has 111 heavy (non-hydrogen) atoms. The molecular formula is C111H114. The van der Waals surface area contributed by atoms with E-state index >= 15 is 0 Å². The van der Waals surface area contributed by atoms with E-state index in [0.717, 1.165) is 38.5 Å². The quantitative estimate of drug-likeness (QED) is 0.0284. The van der Waals surface area contributed by atoms with Crippen molar-refractivity contribution in [2.75, 3.05) is 0 Å². The van der Waals surface area contributed by atoms with Crippen LogP contribution in [-0.2, 0) is 16.2 Å². The van der Waals surface area contributed by atoms with Crippen molar-refractivity contribution in [3.8, 4) is 66.8 Å². The lowest BCUT2D eigenvalue weighted by atomic mass is 9.63. The summed E-state index contributed by atoms with van der Waals surface area (Å²) in [5.41, 5.74) is 27.3. The number of unbranched alkanes of at least 4 members (excludes halogenated alkanes) is 18. The second kappa shape index (κ2) is 30.0. The first-order valence-electron chi connectivity index (χ1n) is 44.5. The van der Waals surface area contributed by atoms with Crippen molar-refractivity contribution < 1.29 is 0 Å². The lowest BCUT2D eigenvalue weighted by Crippen LogP contribution is -2.31. The Morgan fingerprint density at radius 3 is 0.631 bits per heavy atom. The Balaban J connectivity index is 0.960. The van der Waals surface area contributed by atoms with E-state index in [4.69, 9.17) is 0 Å². The maximum absolute atomic E-state index is 2.87. The van der Waals surface area contributed by atoms with E-state index in [1.54, 1.807) is 66.8 Å². The van der Waals surface area contributed by atoms with Gasteiger partial charge in [0.2, 0.25) is 0 Å². The second-order valence-corrected chi connectivity index (χ2v) is 35.0. The largest absolute Gasteiger partial charge is 0.0654 e. The van der Waals surface area contributed by atoms with Crippen LogP contribution in [0.4, 0.5) is 0 Å². The number of hydrogen-bond acceptors (Lipinski definition) is 0. The van der Waals surface area contributed by atoms with Crippen LogP contribution >= 0.6 is 0 Å². The summed E-state index contributed by atoms with van der Waals surface area (Å²) in [6.45, 7) is 14.6. The first-order chi connectivity index (χ1) is 54.8. The van der Waals surface area contributed by atoms with Crippen molar-refractivity contribution in [1.82, 2.24) is 0 Å². The van der Waals surface area contributed by atoms with E-state index < -0.39 is 0 Å². The van der Waals surface area contributed by atoms with Gasteiger partial charge in [-0.3, -0.25) is 0 Å². The van der Waals surface area contributed by atoms with Crippen molar-refractivity contribution in [3.05, 3.63) is 252 Å². The standard InChI is InChI=1S/C111H114/c1-7-13-19-25-64-109(65-26-20-14-8-2)94-70-82(85-55-46-79-43-40-73-34-31-37-76-49-58-88(85)100(79)97(73)76)52-61-91(94)103-106(109)104-92-62-53-83(86-56-47-80-44-41-74-35-32-38-77-50-59-89(86)101(80)98(74)77)71-95(92)110(66-27-21-15-9-3,67-28-22-16-10-4)108(104)105-93-63-54-84(72-96(93)111(107(103)105,68-29-23-17-11-5)69-30-24-18-12-6)87-57-48-81-45-42-75-36-33-39-78-51-60-90(87)102(81)99(75)78/h31-63,70-72H,7-30,64-69H2,1-6H3. The fourth-order valence-electron chi connectivity index (χ4n) is 23.4. The summed E-state index contributed by atoms with van der Waals surface area (Å²) in [5.74, 6) is 0. The lowest BCUT2D eigenvalue weighted by molar-refractivity contribution is 0.389. The fraction of sp³-hybridized carbons (Fsp3) is 0.351. The zero-order valence-electron chi connectivity index (χ0n) is 67.5. The molecule has 0 heteroatoms. The Hall–Kier alpha value is -9.36. The first kappa shape index (κ1) is 71.9. The third-order valence-electron chi connectivity index (χ3n) is 28.6. The van der Waals surface area contributed by atoms with Crippen molar-refractivity contribution in [1.29, 1.82) is 0 Å². The molecule has 0 atom stereocenters. The van der Waals surface area contributed by atoms with Gasteiger partial charge in [0, 0.05) is 16.2 Å². The molecule has 0 saturated carbocycles. The van der Waals surface area contributed by atoms with Crippen molar-refractivity contribution >= 4 is 97.0 Å². The topological polar surface area (TPSA) is 0 Å². The Labute approximate surface area is 661 Å². The molecular weight excluding hydrogens is 1330 g/mol. The highest BCUT2D eigenvalue weighted by Crippen LogP contribution is 2.72. The van der Waals surface area contributed by atoms with Crippen LogP contribution in [0.25, 0.3) is 164 Å². The third kappa shape index (κ3) is 11.6. The van der Waals surface area contributed by atoms with Crippen LogP contribution in [0.15, 0.2) is 218 Å². The van der Waals surface area contributed by atoms with Gasteiger partial charge in [-0.1, -0.05) is 396 Å². The summed E-state index contributed by atoms with van der Waals surface area (Å²) < 4.78 is 0. The summed E-state index contributed by atoms with van der Waals surface area (Å²) in [5, 5.41) is 24.6. The SMILES string of the molecule is CCCCCCC1(CCCCCC)c2cc(-c3ccc4ccc5cccc6ccc3c4c56)ccc2-c2c1c1c(c3c2C(CCCCCC)(CCCCCC)c2cc(-c4ccc5ccc6cccc7ccc4c5c67)ccc2-3)C(CCCCCC)(CCCCCC)c2cc(-c3ccc4ccc5cccc6ccc3c4c56)ccc2-1. The van der Waals surface area contributed by atoms with Crippen LogP contribution in [0.3, 0.4) is 0 Å². The molecule has 0 nitrogen and oxygen atoms in total. The van der Waals surface area contributed by atoms with Crippen LogP contribution in [-0.4, -0.2) is 0 Å². The molecule has 16 aromatic rings. The van der Waals surface area contributed by atoms with E-state index in [-0.39, 0.29) is 16.2 Å². The minimum atomic E-state index is -0.245. The Kier molecular flexibility index (Phi) is 19.4. The van der Waals surface area contributed by atoms with Crippen LogP contribution < -0.4 is 0 Å². The van der Waals surface area contributed by atoms with Gasteiger partial charge in [0.1, 0.15) is 0 Å². The average Bonchev–Trinajstić information content (AvgIpc) is 1.48. The molecule has 0 heterocycles. The Morgan fingerprint density at radius 2 is 0.396 bits per heavy atom. The zero-order valence-corrected chi connectivity index (χ0v) is 67.5. The molecule has 0 bridgehead atoms. The summed E-state index contributed by atoms with van der Waals surface area (Å²) >= 11 is 0. The van der Waals surface area contributed by atoms with E-state index in [9.17, 15) is 0 Å². The molecule has 0 aliphatic heterocycles. The van der Waals surface area contributed by atoms with Crippen LogP contribution in [0.2, 0.25) is 0 Å². The van der Waals surface area contributed by atoms with Gasteiger partial charge >= 0.3 is 0 Å². The van der Waals surface area contributed by atoms with Gasteiger partial charge in [-0.15, -0.1) is 0 Å². The smallest absolute Gasteiger partial charge is 0.0221 e. The molecule has 0 unspecified atom stereocenters. The van der Waals surface area contributed by atoms with E-state index in [0.29, 0.717) is 0 Å². The number of fused-ring (bicyclic) bond motifs is 12. The highest BCUT2D eigenvalue weighted by molar-refractivity contribution is 6.28. The number of hydrogen-bond donors (Lipinski definition) is 0. The predicted molar refractivity (Wildman–Crippen MR) is 485 cm³/mol. The van der Waals surface area contributed by atoms with Gasteiger partial charge in [0.05, 0.1) is 0 Å². The molecule has 0 fully saturated rings. The highest BCUT2D eigenvalue weighted by atomic mass is 14.6. The molecule has 0 aromatic heterocycles. The number of benzene rings is 16. The van der Waals surface area contributed by atoms with Gasteiger partial charge in [-0.25, -0.2) is 0 Å². The monoisotopic (exact) mass is 1450 g/mol. The van der Waals surface area contributed by atoms with Gasteiger partial charge in [0.25, 0.3) is 0 Å². The van der Waals surface area contributed by atoms with E-state index in [1.165, 1.54) is 284 Å².